The lowest BCUT2D eigenvalue weighted by atomic mass is 9.87. The smallest absolute Gasteiger partial charge is 0.330 e. The second-order valence-electron chi connectivity index (χ2n) is 5.72. The van der Waals surface area contributed by atoms with Crippen molar-refractivity contribution in [2.24, 2.45) is 0 Å². The summed E-state index contributed by atoms with van der Waals surface area (Å²) >= 11 is 0. The maximum absolute atomic E-state index is 12.4. The lowest BCUT2D eigenvalue weighted by Gasteiger charge is -2.14. The van der Waals surface area contributed by atoms with Gasteiger partial charge in [0.15, 0.2) is 11.6 Å². The fourth-order valence-corrected chi connectivity index (χ4v) is 2.59. The second-order valence-corrected chi connectivity index (χ2v) is 5.72. The topological polar surface area (TPSA) is 60.4 Å². The van der Waals surface area contributed by atoms with Crippen molar-refractivity contribution >= 4 is 17.5 Å². The van der Waals surface area contributed by atoms with Crippen LogP contribution in [0.2, 0.25) is 0 Å². The van der Waals surface area contributed by atoms with E-state index in [0.717, 1.165) is 12.8 Å². The van der Waals surface area contributed by atoms with E-state index in [1.165, 1.54) is 12.2 Å². The largest absolute Gasteiger partial charge is 0.463 e. The highest BCUT2D eigenvalue weighted by Crippen LogP contribution is 2.24. The van der Waals surface area contributed by atoms with E-state index in [1.54, 1.807) is 43.3 Å². The highest BCUT2D eigenvalue weighted by Gasteiger charge is 2.24. The molecule has 1 aromatic rings. The van der Waals surface area contributed by atoms with Gasteiger partial charge in [-0.05, 0) is 32.3 Å². The van der Waals surface area contributed by atoms with Gasteiger partial charge in [0.05, 0.1) is 6.61 Å². The Kier molecular flexibility index (Phi) is 7.49. The van der Waals surface area contributed by atoms with Gasteiger partial charge in [-0.3, -0.25) is 9.59 Å². The van der Waals surface area contributed by atoms with Gasteiger partial charge in [0, 0.05) is 22.8 Å². The number of hydrogen-bond acceptors (Lipinski definition) is 4. The van der Waals surface area contributed by atoms with Crippen LogP contribution in [0.4, 0.5) is 0 Å². The minimum absolute atomic E-state index is 0.0480. The number of rotatable bonds is 8. The summed E-state index contributed by atoms with van der Waals surface area (Å²) in [6.45, 7) is 2.12. The minimum atomic E-state index is -0.359. The number of allylic oxidation sites excluding steroid dienone is 7. The van der Waals surface area contributed by atoms with Gasteiger partial charge in [0.25, 0.3) is 0 Å². The Bertz CT molecular complexity index is 794. The van der Waals surface area contributed by atoms with Gasteiger partial charge in [-0.1, -0.05) is 54.6 Å². The van der Waals surface area contributed by atoms with E-state index in [1.807, 2.05) is 18.2 Å². The third-order valence-corrected chi connectivity index (χ3v) is 3.84. The number of carbonyl (C=O) groups is 3. The molecule has 0 N–H and O–H groups in total. The Morgan fingerprint density at radius 1 is 1.04 bits per heavy atom. The number of ether oxygens (including phenoxy) is 1. The quantitative estimate of drug-likeness (QED) is 0.302. The summed E-state index contributed by atoms with van der Waals surface area (Å²) in [6, 6.07) is 6.94. The molecule has 134 valence electrons. The average Bonchev–Trinajstić information content (AvgIpc) is 2.64. The average molecular weight is 350 g/mol. The molecule has 4 heteroatoms. The summed E-state index contributed by atoms with van der Waals surface area (Å²) in [7, 11) is 0. The van der Waals surface area contributed by atoms with Crippen LogP contribution in [0.25, 0.3) is 0 Å². The Labute approximate surface area is 153 Å². The number of ketones is 2. The fraction of sp³-hybridized carbons (Fsp3) is 0.227. The van der Waals surface area contributed by atoms with E-state index in [9.17, 15) is 14.4 Å². The Morgan fingerprint density at radius 2 is 1.77 bits per heavy atom. The summed E-state index contributed by atoms with van der Waals surface area (Å²) in [5.74, 6) is -0.502. The highest BCUT2D eigenvalue weighted by molar-refractivity contribution is 6.24. The second kappa shape index (κ2) is 10.1. The molecule has 0 saturated carbocycles. The molecular formula is C22H22O4. The van der Waals surface area contributed by atoms with Gasteiger partial charge in [0.1, 0.15) is 0 Å². The Morgan fingerprint density at radius 3 is 2.54 bits per heavy atom. The van der Waals surface area contributed by atoms with Crippen LogP contribution in [0, 0.1) is 0 Å². The molecule has 0 aromatic heterocycles. The monoisotopic (exact) mass is 350 g/mol. The number of Topliss-reactive ketones (excluding diaryl/α,β-unsaturated/α-hetero) is 1. The van der Waals surface area contributed by atoms with Crippen LogP contribution in [0.5, 0.6) is 0 Å². The summed E-state index contributed by atoms with van der Waals surface area (Å²) in [6.07, 6.45) is 14.1. The first-order chi connectivity index (χ1) is 12.6. The molecule has 4 nitrogen and oxygen atoms in total. The van der Waals surface area contributed by atoms with Crippen molar-refractivity contribution in [2.45, 2.75) is 26.2 Å². The predicted molar refractivity (Wildman–Crippen MR) is 101 cm³/mol. The first kappa shape index (κ1) is 19.3. The predicted octanol–water partition coefficient (Wildman–Crippen LogP) is 4.39. The summed E-state index contributed by atoms with van der Waals surface area (Å²) in [5.41, 5.74) is 1.57. The number of unbranched alkanes of at least 4 members (excludes halogenated alkanes) is 1. The van der Waals surface area contributed by atoms with Crippen molar-refractivity contribution in [1.82, 2.24) is 0 Å². The fourth-order valence-electron chi connectivity index (χ4n) is 2.59. The van der Waals surface area contributed by atoms with Gasteiger partial charge in [-0.15, -0.1) is 0 Å². The zero-order valence-corrected chi connectivity index (χ0v) is 14.8. The standard InChI is InChI=1S/C22H22O4/c1-2-26-21(24)15-9-7-5-3-4-6-8-12-17-16-20(23)18-13-10-11-14-19(18)22(17)25/h3-5,7,9-11,13-16H,2,6,8,12H2,1H3/b4-3+,7-5+,15-9+. The van der Waals surface area contributed by atoms with Crippen LogP contribution < -0.4 is 0 Å². The van der Waals surface area contributed by atoms with Crippen molar-refractivity contribution < 1.29 is 19.1 Å². The molecule has 0 fully saturated rings. The van der Waals surface area contributed by atoms with Gasteiger partial charge in [0.2, 0.25) is 0 Å². The molecule has 1 aliphatic rings. The van der Waals surface area contributed by atoms with Crippen LogP contribution in [0.1, 0.15) is 46.9 Å². The van der Waals surface area contributed by atoms with Crippen molar-refractivity contribution in [3.63, 3.8) is 0 Å². The minimum Gasteiger partial charge on any atom is -0.463 e. The van der Waals surface area contributed by atoms with Crippen LogP contribution in [-0.4, -0.2) is 24.1 Å². The van der Waals surface area contributed by atoms with Gasteiger partial charge < -0.3 is 4.74 Å². The highest BCUT2D eigenvalue weighted by atomic mass is 16.5. The number of carbonyl (C=O) groups excluding carboxylic acids is 3. The molecule has 1 aromatic carbocycles. The molecule has 0 atom stereocenters. The van der Waals surface area contributed by atoms with E-state index in [4.69, 9.17) is 4.74 Å². The number of hydrogen-bond donors (Lipinski definition) is 0. The van der Waals surface area contributed by atoms with Crippen molar-refractivity contribution in [3.8, 4) is 0 Å². The molecule has 0 saturated heterocycles. The SMILES string of the molecule is CCOC(=O)/C=C/C=C/C=C/CCCC1=CC(=O)c2ccccc2C1=O. The van der Waals surface area contributed by atoms with E-state index < -0.39 is 0 Å². The zero-order chi connectivity index (χ0) is 18.8. The molecule has 26 heavy (non-hydrogen) atoms. The number of esters is 1. The molecule has 0 heterocycles. The van der Waals surface area contributed by atoms with Crippen LogP contribution >= 0.6 is 0 Å². The Hall–Kier alpha value is -3.01. The molecule has 1 aliphatic carbocycles. The third-order valence-electron chi connectivity index (χ3n) is 3.84. The van der Waals surface area contributed by atoms with Crippen LogP contribution in [0.15, 0.2) is 72.4 Å². The van der Waals surface area contributed by atoms with Crippen molar-refractivity contribution in [2.75, 3.05) is 6.61 Å². The van der Waals surface area contributed by atoms with E-state index in [2.05, 4.69) is 0 Å². The molecule has 2 rings (SSSR count). The third kappa shape index (κ3) is 5.52. The maximum atomic E-state index is 12.4. The van der Waals surface area contributed by atoms with Gasteiger partial charge in [-0.25, -0.2) is 4.79 Å². The van der Waals surface area contributed by atoms with Crippen molar-refractivity contribution in [3.05, 3.63) is 83.5 Å². The first-order valence-electron chi connectivity index (χ1n) is 8.68. The zero-order valence-electron chi connectivity index (χ0n) is 14.8. The van der Waals surface area contributed by atoms with Crippen LogP contribution in [0.3, 0.4) is 0 Å². The van der Waals surface area contributed by atoms with E-state index in [0.29, 0.717) is 29.7 Å². The molecule has 0 aliphatic heterocycles. The molecule has 0 radical (unpaired) electrons. The van der Waals surface area contributed by atoms with Crippen LogP contribution in [-0.2, 0) is 9.53 Å². The lowest BCUT2D eigenvalue weighted by Crippen LogP contribution is -2.16. The maximum Gasteiger partial charge on any atom is 0.330 e. The molecule has 0 spiro atoms. The molecule has 0 bridgehead atoms. The van der Waals surface area contributed by atoms with Crippen molar-refractivity contribution in [1.29, 1.82) is 0 Å². The van der Waals surface area contributed by atoms with Gasteiger partial charge in [-0.2, -0.15) is 0 Å². The lowest BCUT2D eigenvalue weighted by molar-refractivity contribution is -0.137. The van der Waals surface area contributed by atoms with E-state index >= 15 is 0 Å². The normalized spacial score (nSPS) is 14.3. The van der Waals surface area contributed by atoms with Gasteiger partial charge >= 0.3 is 5.97 Å². The Balaban J connectivity index is 1.76. The first-order valence-corrected chi connectivity index (χ1v) is 8.68. The molecule has 0 unspecified atom stereocenters. The molecule has 0 amide bonds. The summed E-state index contributed by atoms with van der Waals surface area (Å²) in [5, 5.41) is 0. The summed E-state index contributed by atoms with van der Waals surface area (Å²) < 4.78 is 4.76. The number of fused-ring (bicyclic) bond motifs is 1. The summed E-state index contributed by atoms with van der Waals surface area (Å²) in [4.78, 5) is 35.6. The molecular weight excluding hydrogens is 328 g/mol. The van der Waals surface area contributed by atoms with E-state index in [-0.39, 0.29) is 17.5 Å². The number of benzene rings is 1.